The normalized spacial score (nSPS) is 19.4. The monoisotopic (exact) mass is 283 g/mol. The molecule has 1 aromatic heterocycles. The quantitative estimate of drug-likeness (QED) is 0.908. The van der Waals surface area contributed by atoms with Gasteiger partial charge in [-0.3, -0.25) is 4.79 Å². The smallest absolute Gasteiger partial charge is 0.272 e. The number of pyridine rings is 1. The van der Waals surface area contributed by atoms with Gasteiger partial charge in [-0.2, -0.15) is 0 Å². The van der Waals surface area contributed by atoms with Gasteiger partial charge in [-0.05, 0) is 37.3 Å². The molecule has 2 heterocycles. The molecule has 5 heteroatoms. The molecular weight excluding hydrogens is 262 g/mol. The van der Waals surface area contributed by atoms with Gasteiger partial charge in [0.05, 0.1) is 11.9 Å². The van der Waals surface area contributed by atoms with Crippen LogP contribution in [0.15, 0.2) is 18.3 Å². The van der Waals surface area contributed by atoms with Crippen molar-refractivity contribution in [1.82, 2.24) is 9.88 Å². The highest BCUT2D eigenvalue weighted by Crippen LogP contribution is 2.21. The van der Waals surface area contributed by atoms with Crippen molar-refractivity contribution in [3.8, 4) is 0 Å². The van der Waals surface area contributed by atoms with E-state index in [4.69, 9.17) is 5.73 Å². The number of halogens is 1. The van der Waals surface area contributed by atoms with Gasteiger partial charge in [0.15, 0.2) is 0 Å². The highest BCUT2D eigenvalue weighted by molar-refractivity contribution is 5.92. The Morgan fingerprint density at radius 1 is 1.42 bits per heavy atom. The van der Waals surface area contributed by atoms with Gasteiger partial charge in [0.1, 0.15) is 5.69 Å². The molecule has 1 aromatic rings. The van der Waals surface area contributed by atoms with Gasteiger partial charge in [0.2, 0.25) is 0 Å². The first-order chi connectivity index (χ1) is 8.70. The van der Waals surface area contributed by atoms with Crippen molar-refractivity contribution >= 4 is 24.0 Å². The largest absolute Gasteiger partial charge is 0.397 e. The molecule has 1 unspecified atom stereocenters. The van der Waals surface area contributed by atoms with Gasteiger partial charge < -0.3 is 10.6 Å². The van der Waals surface area contributed by atoms with Crippen molar-refractivity contribution in [2.75, 3.05) is 18.8 Å². The second-order valence-electron chi connectivity index (χ2n) is 4.97. The number of hydrogen-bond acceptors (Lipinski definition) is 3. The van der Waals surface area contributed by atoms with E-state index in [0.717, 1.165) is 31.8 Å². The fourth-order valence-corrected chi connectivity index (χ4v) is 2.47. The summed E-state index contributed by atoms with van der Waals surface area (Å²) in [6.07, 6.45) is 6.19. The Hall–Kier alpha value is -1.29. The van der Waals surface area contributed by atoms with Crippen LogP contribution in [0.2, 0.25) is 0 Å². The molecule has 2 N–H and O–H groups in total. The third-order valence-electron chi connectivity index (χ3n) is 3.72. The zero-order chi connectivity index (χ0) is 13.0. The lowest BCUT2D eigenvalue weighted by Crippen LogP contribution is -2.32. The number of rotatable bonds is 2. The number of amides is 1. The van der Waals surface area contributed by atoms with Crippen LogP contribution >= 0.6 is 12.4 Å². The third-order valence-corrected chi connectivity index (χ3v) is 3.72. The Kier molecular flexibility index (Phi) is 6.09. The molecule has 1 fully saturated rings. The summed E-state index contributed by atoms with van der Waals surface area (Å²) in [5, 5.41) is 0. The minimum absolute atomic E-state index is 0. The Balaban J connectivity index is 0.00000180. The highest BCUT2D eigenvalue weighted by atomic mass is 35.5. The van der Waals surface area contributed by atoms with E-state index < -0.39 is 0 Å². The number of carbonyl (C=O) groups excluding carboxylic acids is 1. The lowest BCUT2D eigenvalue weighted by molar-refractivity contribution is 0.0754. The van der Waals surface area contributed by atoms with E-state index in [2.05, 4.69) is 11.9 Å². The van der Waals surface area contributed by atoms with Gasteiger partial charge in [0, 0.05) is 13.1 Å². The minimum Gasteiger partial charge on any atom is -0.397 e. The highest BCUT2D eigenvalue weighted by Gasteiger charge is 2.21. The average Bonchev–Trinajstić information content (AvgIpc) is 2.64. The van der Waals surface area contributed by atoms with E-state index in [-0.39, 0.29) is 18.3 Å². The summed E-state index contributed by atoms with van der Waals surface area (Å²) in [6.45, 7) is 3.93. The van der Waals surface area contributed by atoms with Gasteiger partial charge in [0.25, 0.3) is 5.91 Å². The van der Waals surface area contributed by atoms with E-state index in [1.54, 1.807) is 18.3 Å². The molecule has 4 nitrogen and oxygen atoms in total. The van der Waals surface area contributed by atoms with E-state index in [0.29, 0.717) is 11.4 Å². The average molecular weight is 284 g/mol. The van der Waals surface area contributed by atoms with Crippen LogP contribution in [0.3, 0.4) is 0 Å². The second kappa shape index (κ2) is 7.34. The zero-order valence-corrected chi connectivity index (χ0v) is 12.2. The number of likely N-dealkylation sites (tertiary alicyclic amines) is 1. The molecule has 0 bridgehead atoms. The number of carbonyl (C=O) groups is 1. The minimum atomic E-state index is 0. The maximum absolute atomic E-state index is 12.3. The molecule has 1 atom stereocenters. The van der Waals surface area contributed by atoms with Crippen LogP contribution < -0.4 is 5.73 Å². The van der Waals surface area contributed by atoms with Crippen molar-refractivity contribution in [1.29, 1.82) is 0 Å². The Morgan fingerprint density at radius 2 is 2.21 bits per heavy atom. The van der Waals surface area contributed by atoms with Crippen LogP contribution in [0.1, 0.15) is 43.1 Å². The van der Waals surface area contributed by atoms with Crippen molar-refractivity contribution in [3.05, 3.63) is 24.0 Å². The molecule has 1 aliphatic heterocycles. The molecule has 1 aliphatic rings. The zero-order valence-electron chi connectivity index (χ0n) is 11.3. The van der Waals surface area contributed by atoms with Crippen molar-refractivity contribution < 1.29 is 4.79 Å². The molecule has 1 amide bonds. The predicted molar refractivity (Wildman–Crippen MR) is 79.4 cm³/mol. The van der Waals surface area contributed by atoms with E-state index in [1.165, 1.54) is 12.8 Å². The maximum Gasteiger partial charge on any atom is 0.272 e. The van der Waals surface area contributed by atoms with Gasteiger partial charge >= 0.3 is 0 Å². The first-order valence-corrected chi connectivity index (χ1v) is 6.71. The lowest BCUT2D eigenvalue weighted by Gasteiger charge is -2.20. The summed E-state index contributed by atoms with van der Waals surface area (Å²) in [7, 11) is 0. The van der Waals surface area contributed by atoms with Crippen molar-refractivity contribution in [2.45, 2.75) is 32.6 Å². The SMILES string of the molecule is CCC1CCCN(C(=O)c2ccc(N)cn2)CC1.Cl. The molecule has 0 spiro atoms. The lowest BCUT2D eigenvalue weighted by atomic mass is 9.98. The van der Waals surface area contributed by atoms with E-state index in [9.17, 15) is 4.79 Å². The van der Waals surface area contributed by atoms with E-state index >= 15 is 0 Å². The number of anilines is 1. The first-order valence-electron chi connectivity index (χ1n) is 6.71. The van der Waals surface area contributed by atoms with Gasteiger partial charge in [-0.1, -0.05) is 13.3 Å². The molecular formula is C14H22ClN3O. The summed E-state index contributed by atoms with van der Waals surface area (Å²) in [5.41, 5.74) is 6.67. The van der Waals surface area contributed by atoms with Crippen LogP contribution in [0, 0.1) is 5.92 Å². The van der Waals surface area contributed by atoms with Gasteiger partial charge in [-0.15, -0.1) is 12.4 Å². The number of hydrogen-bond donors (Lipinski definition) is 1. The van der Waals surface area contributed by atoms with Gasteiger partial charge in [-0.25, -0.2) is 4.98 Å². The number of nitrogen functional groups attached to an aromatic ring is 1. The first kappa shape index (κ1) is 15.8. The fraction of sp³-hybridized carbons (Fsp3) is 0.571. The Labute approximate surface area is 120 Å². The molecule has 106 valence electrons. The maximum atomic E-state index is 12.3. The fourth-order valence-electron chi connectivity index (χ4n) is 2.47. The van der Waals surface area contributed by atoms with E-state index in [1.807, 2.05) is 4.90 Å². The number of nitrogens with zero attached hydrogens (tertiary/aromatic N) is 2. The van der Waals surface area contributed by atoms with Crippen LogP contribution in [0.5, 0.6) is 0 Å². The summed E-state index contributed by atoms with van der Waals surface area (Å²) in [4.78, 5) is 18.3. The predicted octanol–water partition coefficient (Wildman–Crippen LogP) is 2.74. The number of nitrogens with two attached hydrogens (primary N) is 1. The van der Waals surface area contributed by atoms with Crippen molar-refractivity contribution in [2.24, 2.45) is 5.92 Å². The third kappa shape index (κ3) is 4.10. The molecule has 0 aliphatic carbocycles. The standard InChI is InChI=1S/C14H21N3O.ClH/c1-2-11-4-3-8-17(9-7-11)14(18)13-6-5-12(15)10-16-13;/h5-6,10-11H,2-4,7-9,15H2,1H3;1H. The second-order valence-corrected chi connectivity index (χ2v) is 4.97. The number of aromatic nitrogens is 1. The van der Waals surface area contributed by atoms with Crippen LogP contribution in [-0.4, -0.2) is 28.9 Å². The topological polar surface area (TPSA) is 59.2 Å². The Bertz CT molecular complexity index is 408. The Morgan fingerprint density at radius 3 is 2.84 bits per heavy atom. The summed E-state index contributed by atoms with van der Waals surface area (Å²) in [5.74, 6) is 0.800. The van der Waals surface area contributed by atoms with Crippen LogP contribution in [-0.2, 0) is 0 Å². The summed E-state index contributed by atoms with van der Waals surface area (Å²) >= 11 is 0. The van der Waals surface area contributed by atoms with Crippen LogP contribution in [0.4, 0.5) is 5.69 Å². The molecule has 0 saturated carbocycles. The van der Waals surface area contributed by atoms with Crippen molar-refractivity contribution in [3.63, 3.8) is 0 Å². The molecule has 0 radical (unpaired) electrons. The molecule has 1 saturated heterocycles. The van der Waals surface area contributed by atoms with Crippen LogP contribution in [0.25, 0.3) is 0 Å². The summed E-state index contributed by atoms with van der Waals surface area (Å²) < 4.78 is 0. The molecule has 0 aromatic carbocycles. The molecule has 2 rings (SSSR count). The summed E-state index contributed by atoms with van der Waals surface area (Å²) in [6, 6.07) is 3.44. The molecule has 19 heavy (non-hydrogen) atoms.